The van der Waals surface area contributed by atoms with E-state index in [2.05, 4.69) is 0 Å². The number of hydrogen-bond donors (Lipinski definition) is 2. The molecule has 0 heterocycles. The molecule has 1 aromatic rings. The maximum absolute atomic E-state index is 10.8. The summed E-state index contributed by atoms with van der Waals surface area (Å²) in [6.45, 7) is 1.99. The molecule has 0 aliphatic heterocycles. The highest BCUT2D eigenvalue weighted by molar-refractivity contribution is 7.80. The number of carbonyl (C=O) groups is 1. The van der Waals surface area contributed by atoms with E-state index in [1.165, 1.54) is 0 Å². The molecule has 0 aromatic heterocycles. The van der Waals surface area contributed by atoms with Crippen molar-refractivity contribution < 1.29 is 14.3 Å². The first kappa shape index (κ1) is 16.5. The Labute approximate surface area is 127 Å². The van der Waals surface area contributed by atoms with E-state index in [-0.39, 0.29) is 17.2 Å². The molecule has 0 bridgehead atoms. The predicted molar refractivity (Wildman–Crippen MR) is 82.7 cm³/mol. The van der Waals surface area contributed by atoms with E-state index >= 15 is 0 Å². The Balaban J connectivity index is 3.10. The van der Waals surface area contributed by atoms with E-state index in [0.717, 1.165) is 0 Å². The first-order valence-corrected chi connectivity index (χ1v) is 6.48. The van der Waals surface area contributed by atoms with Gasteiger partial charge in [-0.15, -0.1) is 0 Å². The molecule has 0 aliphatic rings. The molecule has 0 spiro atoms. The number of hydrogen-bond acceptors (Lipinski definition) is 5. The standard InChI is InChI=1S/C14H15N3O3S/c1-2-19-12-6-9(5-10(7-15)14(17)21)3-4-11(12)20-8-13(16)18/h3-6H,2,8H2,1H3,(H2,16,18)(H2,17,21)/b10-5+. The molecule has 0 saturated heterocycles. The molecule has 0 atom stereocenters. The molecular formula is C14H15N3O3S. The molecular weight excluding hydrogens is 290 g/mol. The first-order chi connectivity index (χ1) is 9.97. The van der Waals surface area contributed by atoms with Crippen molar-refractivity contribution in [1.29, 1.82) is 5.26 Å². The minimum Gasteiger partial charge on any atom is -0.490 e. The number of primary amides is 1. The van der Waals surface area contributed by atoms with E-state index in [1.54, 1.807) is 24.3 Å². The number of amides is 1. The highest BCUT2D eigenvalue weighted by atomic mass is 32.1. The fraction of sp³-hybridized carbons (Fsp3) is 0.214. The Kier molecular flexibility index (Phi) is 6.17. The van der Waals surface area contributed by atoms with Gasteiger partial charge in [-0.25, -0.2) is 0 Å². The summed E-state index contributed by atoms with van der Waals surface area (Å²) in [5.41, 5.74) is 11.3. The van der Waals surface area contributed by atoms with Crippen molar-refractivity contribution in [2.45, 2.75) is 6.92 Å². The fourth-order valence-corrected chi connectivity index (χ4v) is 1.58. The topological polar surface area (TPSA) is 111 Å². The van der Waals surface area contributed by atoms with Crippen LogP contribution in [0.5, 0.6) is 11.5 Å². The summed E-state index contributed by atoms with van der Waals surface area (Å²) in [7, 11) is 0. The van der Waals surface area contributed by atoms with Crippen molar-refractivity contribution in [2.75, 3.05) is 13.2 Å². The maximum Gasteiger partial charge on any atom is 0.255 e. The molecule has 0 fully saturated rings. The van der Waals surface area contributed by atoms with Gasteiger partial charge >= 0.3 is 0 Å². The molecule has 0 radical (unpaired) electrons. The second kappa shape index (κ2) is 7.87. The lowest BCUT2D eigenvalue weighted by Gasteiger charge is -2.11. The molecule has 0 saturated carbocycles. The zero-order chi connectivity index (χ0) is 15.8. The van der Waals surface area contributed by atoms with Gasteiger partial charge in [-0.3, -0.25) is 4.79 Å². The van der Waals surface area contributed by atoms with Gasteiger partial charge < -0.3 is 20.9 Å². The largest absolute Gasteiger partial charge is 0.490 e. The van der Waals surface area contributed by atoms with Gasteiger partial charge in [0, 0.05) is 0 Å². The maximum atomic E-state index is 10.8. The number of carbonyl (C=O) groups excluding carboxylic acids is 1. The third kappa shape index (κ3) is 5.12. The van der Waals surface area contributed by atoms with E-state index in [9.17, 15) is 4.79 Å². The Morgan fingerprint density at radius 2 is 2.10 bits per heavy atom. The molecule has 1 amide bonds. The molecule has 0 unspecified atom stereocenters. The van der Waals surface area contributed by atoms with Crippen LogP contribution in [0.3, 0.4) is 0 Å². The first-order valence-electron chi connectivity index (χ1n) is 6.07. The molecule has 110 valence electrons. The number of nitrogens with two attached hydrogens (primary N) is 2. The Morgan fingerprint density at radius 1 is 1.38 bits per heavy atom. The van der Waals surface area contributed by atoms with Crippen LogP contribution in [0.4, 0.5) is 0 Å². The van der Waals surface area contributed by atoms with Crippen LogP contribution in [0, 0.1) is 11.3 Å². The normalized spacial score (nSPS) is 10.6. The lowest BCUT2D eigenvalue weighted by atomic mass is 10.1. The van der Waals surface area contributed by atoms with Crippen LogP contribution in [-0.4, -0.2) is 24.1 Å². The molecule has 1 aromatic carbocycles. The summed E-state index contributed by atoms with van der Waals surface area (Å²) in [5, 5.41) is 8.94. The zero-order valence-electron chi connectivity index (χ0n) is 11.5. The lowest BCUT2D eigenvalue weighted by Crippen LogP contribution is -2.20. The predicted octanol–water partition coefficient (Wildman–Crippen LogP) is 1.14. The molecule has 6 nitrogen and oxygen atoms in total. The highest BCUT2D eigenvalue weighted by Gasteiger charge is 2.08. The van der Waals surface area contributed by atoms with Crippen LogP contribution in [0.15, 0.2) is 23.8 Å². The van der Waals surface area contributed by atoms with Crippen LogP contribution >= 0.6 is 12.2 Å². The number of nitrogens with zero attached hydrogens (tertiary/aromatic N) is 1. The van der Waals surface area contributed by atoms with Crippen molar-refractivity contribution in [3.63, 3.8) is 0 Å². The van der Waals surface area contributed by atoms with E-state index in [0.29, 0.717) is 23.7 Å². The smallest absolute Gasteiger partial charge is 0.255 e. The summed E-state index contributed by atoms with van der Waals surface area (Å²) < 4.78 is 10.7. The summed E-state index contributed by atoms with van der Waals surface area (Å²) in [6, 6.07) is 6.89. The van der Waals surface area contributed by atoms with Gasteiger partial charge in [-0.05, 0) is 30.7 Å². The van der Waals surface area contributed by atoms with Crippen LogP contribution in [-0.2, 0) is 4.79 Å². The quantitative estimate of drug-likeness (QED) is 0.444. The van der Waals surface area contributed by atoms with Gasteiger partial charge in [0.25, 0.3) is 5.91 Å². The number of ether oxygens (including phenoxy) is 2. The van der Waals surface area contributed by atoms with Gasteiger partial charge in [-0.2, -0.15) is 5.26 Å². The van der Waals surface area contributed by atoms with Gasteiger partial charge in [-0.1, -0.05) is 18.3 Å². The summed E-state index contributed by atoms with van der Waals surface area (Å²) in [4.78, 5) is 10.8. The second-order valence-electron chi connectivity index (χ2n) is 3.93. The van der Waals surface area contributed by atoms with Crippen molar-refractivity contribution in [3.05, 3.63) is 29.3 Å². The van der Waals surface area contributed by atoms with Crippen molar-refractivity contribution in [1.82, 2.24) is 0 Å². The molecule has 7 heteroatoms. The minimum atomic E-state index is -0.582. The molecule has 4 N–H and O–H groups in total. The van der Waals surface area contributed by atoms with Gasteiger partial charge in [0.1, 0.15) is 11.1 Å². The van der Waals surface area contributed by atoms with Crippen LogP contribution < -0.4 is 20.9 Å². The molecule has 21 heavy (non-hydrogen) atoms. The van der Waals surface area contributed by atoms with Gasteiger partial charge in [0.2, 0.25) is 0 Å². The van der Waals surface area contributed by atoms with Crippen LogP contribution in [0.1, 0.15) is 12.5 Å². The number of thiocarbonyl (C=S) groups is 1. The van der Waals surface area contributed by atoms with Gasteiger partial charge in [0.15, 0.2) is 18.1 Å². The highest BCUT2D eigenvalue weighted by Crippen LogP contribution is 2.29. The van der Waals surface area contributed by atoms with E-state index in [1.807, 2.05) is 13.0 Å². The van der Waals surface area contributed by atoms with Crippen molar-refractivity contribution in [2.24, 2.45) is 11.5 Å². The SMILES string of the molecule is CCOc1cc(/C=C(\C#N)C(N)=S)ccc1OCC(N)=O. The van der Waals surface area contributed by atoms with E-state index < -0.39 is 5.91 Å². The fourth-order valence-electron chi connectivity index (χ4n) is 1.48. The number of benzene rings is 1. The van der Waals surface area contributed by atoms with Gasteiger partial charge in [0.05, 0.1) is 12.2 Å². The average Bonchev–Trinajstić information content (AvgIpc) is 2.43. The molecule has 0 aliphatic carbocycles. The summed E-state index contributed by atoms with van der Waals surface area (Å²) >= 11 is 4.78. The van der Waals surface area contributed by atoms with Crippen LogP contribution in [0.25, 0.3) is 6.08 Å². The Morgan fingerprint density at radius 3 is 2.62 bits per heavy atom. The number of rotatable bonds is 7. The summed E-state index contributed by atoms with van der Waals surface area (Å²) in [6.07, 6.45) is 1.54. The minimum absolute atomic E-state index is 0.0181. The monoisotopic (exact) mass is 305 g/mol. The lowest BCUT2D eigenvalue weighted by molar-refractivity contribution is -0.119. The van der Waals surface area contributed by atoms with Crippen molar-refractivity contribution in [3.8, 4) is 17.6 Å². The van der Waals surface area contributed by atoms with Crippen LogP contribution in [0.2, 0.25) is 0 Å². The molecule has 1 rings (SSSR count). The van der Waals surface area contributed by atoms with E-state index in [4.69, 9.17) is 38.4 Å². The average molecular weight is 305 g/mol. The third-order valence-corrected chi connectivity index (χ3v) is 2.55. The number of nitriles is 1. The zero-order valence-corrected chi connectivity index (χ0v) is 12.3. The van der Waals surface area contributed by atoms with Crippen molar-refractivity contribution >= 4 is 29.2 Å². The Bertz CT molecular complexity index is 620. The third-order valence-electron chi connectivity index (χ3n) is 2.33. The summed E-state index contributed by atoms with van der Waals surface area (Å²) in [5.74, 6) is 0.246. The second-order valence-corrected chi connectivity index (χ2v) is 4.37. The Hall–Kier alpha value is -2.59.